The summed E-state index contributed by atoms with van der Waals surface area (Å²) in [4.78, 5) is 23.1. The number of ketones is 1. The highest BCUT2D eigenvalue weighted by atomic mass is 32.2. The van der Waals surface area contributed by atoms with Crippen LogP contribution in [-0.4, -0.2) is 46.9 Å². The Hall–Kier alpha value is -2.91. The molecule has 8 nitrogen and oxygen atoms in total. The van der Waals surface area contributed by atoms with Crippen molar-refractivity contribution in [2.24, 2.45) is 0 Å². The van der Waals surface area contributed by atoms with Gasteiger partial charge in [0, 0.05) is 18.5 Å². The Morgan fingerprint density at radius 2 is 1.55 bits per heavy atom. The van der Waals surface area contributed by atoms with Crippen molar-refractivity contribution in [3.63, 3.8) is 0 Å². The Morgan fingerprint density at radius 3 is 2.14 bits per heavy atom. The predicted molar refractivity (Wildman–Crippen MR) is 108 cm³/mol. The fourth-order valence-electron chi connectivity index (χ4n) is 2.37. The number of benzene rings is 2. The van der Waals surface area contributed by atoms with Crippen molar-refractivity contribution in [2.45, 2.75) is 18.2 Å². The van der Waals surface area contributed by atoms with Gasteiger partial charge in [-0.15, -0.1) is 0 Å². The summed E-state index contributed by atoms with van der Waals surface area (Å²) in [7, 11) is -2.16. The molecule has 0 fully saturated rings. The highest BCUT2D eigenvalue weighted by molar-refractivity contribution is 7.89. The van der Waals surface area contributed by atoms with Crippen molar-refractivity contribution >= 4 is 21.7 Å². The first kappa shape index (κ1) is 22.4. The Balaban J connectivity index is 1.68. The minimum atomic E-state index is -3.74. The maximum atomic E-state index is 12.2. The van der Waals surface area contributed by atoms with Gasteiger partial charge in [-0.2, -0.15) is 0 Å². The molecule has 0 aromatic heterocycles. The number of carbonyl (C=O) groups is 2. The average Bonchev–Trinajstić information content (AvgIpc) is 2.71. The molecule has 2 N–H and O–H groups in total. The second kappa shape index (κ2) is 10.6. The number of sulfonamides is 1. The normalized spacial score (nSPS) is 11.0. The van der Waals surface area contributed by atoms with Gasteiger partial charge in [0.15, 0.2) is 5.78 Å². The molecule has 0 unspecified atom stereocenters. The largest absolute Gasteiger partial charge is 0.497 e. The van der Waals surface area contributed by atoms with Crippen LogP contribution in [0.3, 0.4) is 0 Å². The fourth-order valence-corrected chi connectivity index (χ4v) is 3.40. The topological polar surface area (TPSA) is 111 Å². The van der Waals surface area contributed by atoms with E-state index in [1.807, 2.05) is 0 Å². The quantitative estimate of drug-likeness (QED) is 0.423. The van der Waals surface area contributed by atoms with Crippen LogP contribution in [0.15, 0.2) is 53.4 Å². The Morgan fingerprint density at radius 1 is 0.931 bits per heavy atom. The van der Waals surface area contributed by atoms with Crippen LogP contribution in [0.25, 0.3) is 0 Å². The van der Waals surface area contributed by atoms with Crippen molar-refractivity contribution in [2.75, 3.05) is 26.8 Å². The standard InChI is InChI=1S/C20H24N2O6S/c1-15(23)16-3-9-19(10-4-16)29(25,26)22-12-11-20(24)21-13-14-28-18-7-5-17(27-2)6-8-18/h3-10,22H,11-14H2,1-2H3,(H,21,24). The molecule has 1 amide bonds. The Bertz CT molecular complexity index is 924. The number of hydrogen-bond acceptors (Lipinski definition) is 6. The summed E-state index contributed by atoms with van der Waals surface area (Å²) in [5, 5.41) is 2.66. The van der Waals surface area contributed by atoms with Crippen molar-refractivity contribution in [1.29, 1.82) is 0 Å². The lowest BCUT2D eigenvalue weighted by Crippen LogP contribution is -2.32. The number of ether oxygens (including phenoxy) is 2. The monoisotopic (exact) mass is 420 g/mol. The third-order valence-electron chi connectivity index (χ3n) is 3.97. The summed E-state index contributed by atoms with van der Waals surface area (Å²) >= 11 is 0. The third kappa shape index (κ3) is 7.20. The van der Waals surface area contributed by atoms with Gasteiger partial charge in [-0.1, -0.05) is 12.1 Å². The molecule has 0 atom stereocenters. The first-order chi connectivity index (χ1) is 13.8. The van der Waals surface area contributed by atoms with Gasteiger partial charge in [0.25, 0.3) is 0 Å². The second-order valence-electron chi connectivity index (χ2n) is 6.10. The molecule has 0 saturated heterocycles. The van der Waals surface area contributed by atoms with E-state index in [0.29, 0.717) is 17.9 Å². The molecule has 9 heteroatoms. The van der Waals surface area contributed by atoms with Crippen molar-refractivity contribution in [3.05, 3.63) is 54.1 Å². The third-order valence-corrected chi connectivity index (χ3v) is 5.44. The van der Waals surface area contributed by atoms with E-state index in [1.165, 1.54) is 31.2 Å². The lowest BCUT2D eigenvalue weighted by Gasteiger charge is -2.09. The Labute approximate surface area is 170 Å². The molecule has 0 aliphatic rings. The summed E-state index contributed by atoms with van der Waals surface area (Å²) in [6.45, 7) is 1.95. The highest BCUT2D eigenvalue weighted by Gasteiger charge is 2.14. The SMILES string of the molecule is COc1ccc(OCCNC(=O)CCNS(=O)(=O)c2ccc(C(C)=O)cc2)cc1. The van der Waals surface area contributed by atoms with Gasteiger partial charge in [-0.05, 0) is 43.3 Å². The van der Waals surface area contributed by atoms with Crippen LogP contribution >= 0.6 is 0 Å². The number of hydrogen-bond donors (Lipinski definition) is 2. The van der Waals surface area contributed by atoms with E-state index in [-0.39, 0.29) is 36.2 Å². The molecule has 2 rings (SSSR count). The van der Waals surface area contributed by atoms with Crippen LogP contribution < -0.4 is 19.5 Å². The zero-order valence-electron chi connectivity index (χ0n) is 16.3. The maximum absolute atomic E-state index is 12.2. The van der Waals surface area contributed by atoms with Gasteiger partial charge in [0.1, 0.15) is 18.1 Å². The first-order valence-corrected chi connectivity index (χ1v) is 10.4. The molecule has 0 aliphatic heterocycles. The lowest BCUT2D eigenvalue weighted by atomic mass is 10.2. The molecule has 0 aliphatic carbocycles. The first-order valence-electron chi connectivity index (χ1n) is 8.96. The molecule has 29 heavy (non-hydrogen) atoms. The average molecular weight is 420 g/mol. The van der Waals surface area contributed by atoms with Crippen LogP contribution in [0, 0.1) is 0 Å². The minimum absolute atomic E-state index is 0.00665. The van der Waals surface area contributed by atoms with E-state index < -0.39 is 10.0 Å². The molecular formula is C20H24N2O6S. The van der Waals surface area contributed by atoms with Crippen LogP contribution in [0.1, 0.15) is 23.7 Å². The summed E-state index contributed by atoms with van der Waals surface area (Å²) in [6.07, 6.45) is -0.00665. The van der Waals surface area contributed by atoms with Crippen LogP contribution in [0.5, 0.6) is 11.5 Å². The molecule has 156 valence electrons. The predicted octanol–water partition coefficient (Wildman–Crippen LogP) is 1.76. The molecule has 0 radical (unpaired) electrons. The van der Waals surface area contributed by atoms with Gasteiger partial charge in [-0.25, -0.2) is 13.1 Å². The van der Waals surface area contributed by atoms with Crippen LogP contribution in [-0.2, 0) is 14.8 Å². The summed E-state index contributed by atoms with van der Waals surface area (Å²) in [6, 6.07) is 12.7. The van der Waals surface area contributed by atoms with Crippen molar-refractivity contribution in [3.8, 4) is 11.5 Å². The lowest BCUT2D eigenvalue weighted by molar-refractivity contribution is -0.121. The van der Waals surface area contributed by atoms with E-state index in [9.17, 15) is 18.0 Å². The van der Waals surface area contributed by atoms with Gasteiger partial charge in [0.05, 0.1) is 18.6 Å². The fraction of sp³-hybridized carbons (Fsp3) is 0.300. The van der Waals surface area contributed by atoms with E-state index >= 15 is 0 Å². The van der Waals surface area contributed by atoms with Crippen LogP contribution in [0.2, 0.25) is 0 Å². The second-order valence-corrected chi connectivity index (χ2v) is 7.87. The van der Waals surface area contributed by atoms with Gasteiger partial charge in [-0.3, -0.25) is 9.59 Å². The summed E-state index contributed by atoms with van der Waals surface area (Å²) < 4.78 is 37.3. The number of rotatable bonds is 11. The Kier molecular flexibility index (Phi) is 8.17. The smallest absolute Gasteiger partial charge is 0.240 e. The van der Waals surface area contributed by atoms with Gasteiger partial charge in [0.2, 0.25) is 15.9 Å². The van der Waals surface area contributed by atoms with Gasteiger partial charge >= 0.3 is 0 Å². The minimum Gasteiger partial charge on any atom is -0.497 e. The number of methoxy groups -OCH3 is 1. The molecule has 2 aromatic carbocycles. The van der Waals surface area contributed by atoms with Crippen molar-refractivity contribution in [1.82, 2.24) is 10.0 Å². The molecule has 0 heterocycles. The molecule has 0 spiro atoms. The van der Waals surface area contributed by atoms with E-state index in [1.54, 1.807) is 31.4 Å². The van der Waals surface area contributed by atoms with E-state index in [2.05, 4.69) is 10.0 Å². The number of amides is 1. The molecule has 2 aromatic rings. The number of carbonyl (C=O) groups excluding carboxylic acids is 2. The van der Waals surface area contributed by atoms with E-state index in [0.717, 1.165) is 5.75 Å². The zero-order valence-corrected chi connectivity index (χ0v) is 17.1. The maximum Gasteiger partial charge on any atom is 0.240 e. The molecule has 0 bridgehead atoms. The number of Topliss-reactive ketones (excluding diaryl/α,β-unsaturated/α-hetero) is 1. The summed E-state index contributed by atoms with van der Waals surface area (Å²) in [5.41, 5.74) is 0.431. The summed E-state index contributed by atoms with van der Waals surface area (Å²) in [5.74, 6) is 0.944. The molecular weight excluding hydrogens is 396 g/mol. The molecule has 0 saturated carbocycles. The number of nitrogens with one attached hydrogen (secondary N) is 2. The van der Waals surface area contributed by atoms with Crippen molar-refractivity contribution < 1.29 is 27.5 Å². The van der Waals surface area contributed by atoms with Gasteiger partial charge < -0.3 is 14.8 Å². The highest BCUT2D eigenvalue weighted by Crippen LogP contribution is 2.16. The zero-order chi connectivity index (χ0) is 21.3. The van der Waals surface area contributed by atoms with E-state index in [4.69, 9.17) is 9.47 Å². The van der Waals surface area contributed by atoms with Crippen LogP contribution in [0.4, 0.5) is 0 Å².